The van der Waals surface area contributed by atoms with Gasteiger partial charge in [0.1, 0.15) is 11.6 Å². The van der Waals surface area contributed by atoms with E-state index in [0.717, 1.165) is 17.7 Å². The molecule has 1 heterocycles. The zero-order chi connectivity index (χ0) is 20.8. The van der Waals surface area contributed by atoms with Crippen LogP contribution in [0.1, 0.15) is 15.9 Å². The maximum atomic E-state index is 14.6. The van der Waals surface area contributed by atoms with Gasteiger partial charge in [0.2, 0.25) is 10.0 Å². The van der Waals surface area contributed by atoms with E-state index in [4.69, 9.17) is 0 Å². The van der Waals surface area contributed by atoms with E-state index in [1.807, 2.05) is 0 Å². The summed E-state index contributed by atoms with van der Waals surface area (Å²) in [7, 11) is -2.37. The Morgan fingerprint density at radius 2 is 1.72 bits per heavy atom. The monoisotopic (exact) mass is 414 g/mol. The van der Waals surface area contributed by atoms with Crippen LogP contribution >= 0.6 is 0 Å². The summed E-state index contributed by atoms with van der Waals surface area (Å²) >= 11 is 0. The summed E-state index contributed by atoms with van der Waals surface area (Å²) in [6.45, 7) is 0.321. The summed E-state index contributed by atoms with van der Waals surface area (Å²) in [5, 5.41) is 2.71. The van der Waals surface area contributed by atoms with E-state index in [1.54, 1.807) is 24.3 Å². The summed E-state index contributed by atoms with van der Waals surface area (Å²) in [6.07, 6.45) is 0. The van der Waals surface area contributed by atoms with Crippen LogP contribution in [0.25, 0.3) is 22.3 Å². The molecule has 1 aliphatic heterocycles. The third-order valence-corrected chi connectivity index (χ3v) is 6.28. The Bertz CT molecular complexity index is 1260. The number of fused-ring (bicyclic) bond motifs is 1. The zero-order valence-electron chi connectivity index (χ0n) is 15.3. The molecule has 148 valence electrons. The molecule has 1 aliphatic rings. The second kappa shape index (κ2) is 7.06. The molecule has 0 saturated heterocycles. The van der Waals surface area contributed by atoms with Crippen LogP contribution in [0, 0.1) is 11.6 Å². The molecule has 8 heteroatoms. The van der Waals surface area contributed by atoms with Gasteiger partial charge in [0.05, 0.1) is 4.90 Å². The van der Waals surface area contributed by atoms with Crippen LogP contribution < -0.4 is 10.0 Å². The summed E-state index contributed by atoms with van der Waals surface area (Å²) in [5.74, 6) is -1.76. The lowest BCUT2D eigenvalue weighted by atomic mass is 9.90. The van der Waals surface area contributed by atoms with Crippen molar-refractivity contribution in [2.75, 3.05) is 7.05 Å². The van der Waals surface area contributed by atoms with Crippen LogP contribution in [0.5, 0.6) is 0 Å². The first kappa shape index (κ1) is 19.2. The van der Waals surface area contributed by atoms with E-state index in [0.29, 0.717) is 28.8 Å². The minimum absolute atomic E-state index is 0.0535. The summed E-state index contributed by atoms with van der Waals surface area (Å²) in [4.78, 5) is 12.2. The van der Waals surface area contributed by atoms with Gasteiger partial charge in [-0.25, -0.2) is 21.9 Å². The molecule has 0 aromatic heterocycles. The van der Waals surface area contributed by atoms with Gasteiger partial charge in [-0.3, -0.25) is 4.79 Å². The van der Waals surface area contributed by atoms with Crippen molar-refractivity contribution in [3.8, 4) is 22.3 Å². The van der Waals surface area contributed by atoms with Gasteiger partial charge in [-0.05, 0) is 65.7 Å². The molecule has 3 aromatic rings. The fourth-order valence-electron chi connectivity index (χ4n) is 3.39. The van der Waals surface area contributed by atoms with Crippen LogP contribution in [0.4, 0.5) is 8.78 Å². The van der Waals surface area contributed by atoms with Gasteiger partial charge in [-0.1, -0.05) is 12.1 Å². The topological polar surface area (TPSA) is 75.3 Å². The molecule has 0 spiro atoms. The fraction of sp³-hybridized carbons (Fsp3) is 0.0952. The smallest absolute Gasteiger partial charge is 0.251 e. The molecular weight excluding hydrogens is 398 g/mol. The number of amides is 1. The van der Waals surface area contributed by atoms with Crippen molar-refractivity contribution < 1.29 is 22.0 Å². The third kappa shape index (κ3) is 3.41. The van der Waals surface area contributed by atoms with Gasteiger partial charge in [-0.15, -0.1) is 0 Å². The highest BCUT2D eigenvalue weighted by Crippen LogP contribution is 2.38. The highest BCUT2D eigenvalue weighted by Gasteiger charge is 2.24. The van der Waals surface area contributed by atoms with Crippen LogP contribution in [0.15, 0.2) is 59.5 Å². The Morgan fingerprint density at radius 3 is 2.45 bits per heavy atom. The molecule has 0 unspecified atom stereocenters. The Morgan fingerprint density at radius 1 is 0.931 bits per heavy atom. The largest absolute Gasteiger partial charge is 0.348 e. The summed E-state index contributed by atoms with van der Waals surface area (Å²) in [6, 6.07) is 12.7. The van der Waals surface area contributed by atoms with Crippen LogP contribution in [-0.4, -0.2) is 21.4 Å². The highest BCUT2D eigenvalue weighted by atomic mass is 32.2. The highest BCUT2D eigenvalue weighted by molar-refractivity contribution is 7.89. The van der Waals surface area contributed by atoms with E-state index in [9.17, 15) is 22.0 Å². The van der Waals surface area contributed by atoms with Crippen molar-refractivity contribution >= 4 is 15.9 Å². The van der Waals surface area contributed by atoms with Gasteiger partial charge in [0.15, 0.2) is 0 Å². The molecule has 0 radical (unpaired) electrons. The van der Waals surface area contributed by atoms with Crippen LogP contribution in [0.3, 0.4) is 0 Å². The second-order valence-corrected chi connectivity index (χ2v) is 8.48. The van der Waals surface area contributed by atoms with Crippen molar-refractivity contribution in [1.29, 1.82) is 0 Å². The average Bonchev–Trinajstić information content (AvgIpc) is 3.07. The Hall–Kier alpha value is -3.10. The van der Waals surface area contributed by atoms with E-state index < -0.39 is 21.7 Å². The zero-order valence-corrected chi connectivity index (χ0v) is 16.1. The summed E-state index contributed by atoms with van der Waals surface area (Å²) in [5.41, 5.74) is 2.69. The second-order valence-electron chi connectivity index (χ2n) is 6.60. The molecule has 0 aliphatic carbocycles. The molecule has 3 aromatic carbocycles. The lowest BCUT2D eigenvalue weighted by Crippen LogP contribution is -2.18. The first-order chi connectivity index (χ1) is 13.8. The Balaban J connectivity index is 1.99. The number of nitrogens with one attached hydrogen (secondary N) is 2. The number of carbonyl (C=O) groups is 1. The number of hydrogen-bond donors (Lipinski definition) is 2. The quantitative estimate of drug-likeness (QED) is 0.687. The number of sulfonamides is 1. The molecule has 2 N–H and O–H groups in total. The van der Waals surface area contributed by atoms with Crippen molar-refractivity contribution in [2.24, 2.45) is 0 Å². The molecule has 1 amide bonds. The minimum atomic E-state index is -3.68. The number of benzene rings is 3. The Labute approximate surface area is 166 Å². The predicted molar refractivity (Wildman–Crippen MR) is 105 cm³/mol. The normalized spacial score (nSPS) is 13.3. The summed E-state index contributed by atoms with van der Waals surface area (Å²) < 4.78 is 54.6. The molecule has 0 fully saturated rings. The molecule has 29 heavy (non-hydrogen) atoms. The van der Waals surface area contributed by atoms with Crippen molar-refractivity contribution in [1.82, 2.24) is 10.0 Å². The molecular formula is C21H16F2N2O3S. The van der Waals surface area contributed by atoms with Crippen molar-refractivity contribution in [3.63, 3.8) is 0 Å². The van der Waals surface area contributed by atoms with Gasteiger partial charge in [0, 0.05) is 23.7 Å². The van der Waals surface area contributed by atoms with Crippen LogP contribution in [0.2, 0.25) is 0 Å². The lowest BCUT2D eigenvalue weighted by Gasteiger charge is -2.14. The average molecular weight is 414 g/mol. The lowest BCUT2D eigenvalue weighted by molar-refractivity contribution is 0.0965. The molecule has 5 nitrogen and oxygen atoms in total. The maximum Gasteiger partial charge on any atom is 0.251 e. The molecule has 0 bridgehead atoms. The van der Waals surface area contributed by atoms with Gasteiger partial charge >= 0.3 is 0 Å². The first-order valence-corrected chi connectivity index (χ1v) is 10.2. The third-order valence-electron chi connectivity index (χ3n) is 4.87. The number of halogens is 2. The van der Waals surface area contributed by atoms with Gasteiger partial charge in [0.25, 0.3) is 5.91 Å². The maximum absolute atomic E-state index is 14.6. The van der Waals surface area contributed by atoms with E-state index in [-0.39, 0.29) is 16.4 Å². The van der Waals surface area contributed by atoms with Crippen molar-refractivity contribution in [2.45, 2.75) is 11.4 Å². The SMILES string of the molecule is CNS(=O)(=O)c1cccc(-c2cc3c(cc2-c2ccc(F)cc2F)C(=O)NC3)c1. The van der Waals surface area contributed by atoms with E-state index in [2.05, 4.69) is 10.0 Å². The van der Waals surface area contributed by atoms with Gasteiger partial charge < -0.3 is 5.32 Å². The van der Waals surface area contributed by atoms with E-state index >= 15 is 0 Å². The molecule has 4 rings (SSSR count). The number of hydrogen-bond acceptors (Lipinski definition) is 3. The van der Waals surface area contributed by atoms with Crippen molar-refractivity contribution in [3.05, 3.63) is 77.4 Å². The minimum Gasteiger partial charge on any atom is -0.348 e. The number of rotatable bonds is 4. The Kier molecular flexibility index (Phi) is 4.68. The predicted octanol–water partition coefficient (Wildman–Crippen LogP) is 3.45. The molecule has 0 atom stereocenters. The van der Waals surface area contributed by atoms with E-state index in [1.165, 1.54) is 25.2 Å². The first-order valence-electron chi connectivity index (χ1n) is 8.74. The van der Waals surface area contributed by atoms with Gasteiger partial charge in [-0.2, -0.15) is 0 Å². The fourth-order valence-corrected chi connectivity index (χ4v) is 4.17. The number of carbonyl (C=O) groups excluding carboxylic acids is 1. The molecule has 0 saturated carbocycles. The van der Waals surface area contributed by atoms with Crippen LogP contribution in [-0.2, 0) is 16.6 Å². The standard InChI is InChI=1S/C21H16F2N2O3S/c1-24-29(27,28)15-4-2-3-12(7-15)17-8-13-11-25-21(26)18(13)10-19(17)16-6-5-14(22)9-20(16)23/h2-10,24H,11H2,1H3,(H,25,26).